The number of rotatable bonds is 4. The first-order valence-corrected chi connectivity index (χ1v) is 9.22. The minimum Gasteiger partial charge on any atom is -0.389 e. The van der Waals surface area contributed by atoms with E-state index in [9.17, 15) is 13.5 Å². The SMILES string of the molecule is CC1CC(C)CN(S(=O)(=O)NCC2(O)CCCCC2)C1. The van der Waals surface area contributed by atoms with E-state index >= 15 is 0 Å². The molecule has 2 N–H and O–H groups in total. The van der Waals surface area contributed by atoms with Crippen molar-refractivity contribution in [2.24, 2.45) is 11.8 Å². The molecule has 1 aliphatic heterocycles. The van der Waals surface area contributed by atoms with Gasteiger partial charge in [0.1, 0.15) is 0 Å². The molecular weight excluding hydrogens is 276 g/mol. The van der Waals surface area contributed by atoms with Crippen LogP contribution in [-0.4, -0.2) is 43.1 Å². The van der Waals surface area contributed by atoms with Crippen molar-refractivity contribution in [3.63, 3.8) is 0 Å². The standard InChI is InChI=1S/C14H28N2O3S/c1-12-8-13(2)10-16(9-12)20(18,19)15-11-14(17)6-4-3-5-7-14/h12-13,15,17H,3-11H2,1-2H3. The fourth-order valence-corrected chi connectivity index (χ4v) is 5.04. The van der Waals surface area contributed by atoms with Crippen LogP contribution < -0.4 is 4.72 Å². The smallest absolute Gasteiger partial charge is 0.279 e. The van der Waals surface area contributed by atoms with Crippen molar-refractivity contribution < 1.29 is 13.5 Å². The quantitative estimate of drug-likeness (QED) is 0.827. The molecule has 20 heavy (non-hydrogen) atoms. The topological polar surface area (TPSA) is 69.6 Å². The third kappa shape index (κ3) is 4.16. The fourth-order valence-electron chi connectivity index (χ4n) is 3.51. The number of nitrogens with one attached hydrogen (secondary N) is 1. The molecule has 1 aliphatic carbocycles. The molecule has 0 aromatic rings. The van der Waals surface area contributed by atoms with Crippen molar-refractivity contribution >= 4 is 10.2 Å². The molecule has 0 spiro atoms. The summed E-state index contributed by atoms with van der Waals surface area (Å²) < 4.78 is 28.9. The van der Waals surface area contributed by atoms with Gasteiger partial charge in [-0.05, 0) is 31.1 Å². The van der Waals surface area contributed by atoms with Gasteiger partial charge in [-0.25, -0.2) is 0 Å². The van der Waals surface area contributed by atoms with Gasteiger partial charge in [-0.15, -0.1) is 0 Å². The molecule has 2 unspecified atom stereocenters. The summed E-state index contributed by atoms with van der Waals surface area (Å²) in [7, 11) is -3.46. The lowest BCUT2D eigenvalue weighted by atomic mass is 9.85. The van der Waals surface area contributed by atoms with Gasteiger partial charge < -0.3 is 5.11 Å². The lowest BCUT2D eigenvalue weighted by Crippen LogP contribution is -2.52. The molecule has 0 aromatic heterocycles. The number of aliphatic hydroxyl groups is 1. The normalized spacial score (nSPS) is 32.1. The Balaban J connectivity index is 1.93. The number of piperidine rings is 1. The summed E-state index contributed by atoms with van der Waals surface area (Å²) in [5.41, 5.74) is -0.849. The molecule has 5 nitrogen and oxygen atoms in total. The fraction of sp³-hybridized carbons (Fsp3) is 1.00. The van der Waals surface area contributed by atoms with E-state index in [1.54, 1.807) is 0 Å². The molecular formula is C14H28N2O3S. The van der Waals surface area contributed by atoms with E-state index in [0.29, 0.717) is 37.8 Å². The van der Waals surface area contributed by atoms with Gasteiger partial charge in [-0.2, -0.15) is 17.4 Å². The lowest BCUT2D eigenvalue weighted by molar-refractivity contribution is 0.00902. The summed E-state index contributed by atoms with van der Waals surface area (Å²) in [5.74, 6) is 0.793. The molecule has 0 radical (unpaired) electrons. The summed E-state index contributed by atoms with van der Waals surface area (Å²) >= 11 is 0. The van der Waals surface area contributed by atoms with E-state index in [1.807, 2.05) is 0 Å². The van der Waals surface area contributed by atoms with Gasteiger partial charge >= 0.3 is 0 Å². The van der Waals surface area contributed by atoms with Gasteiger partial charge in [-0.1, -0.05) is 33.1 Å². The Morgan fingerprint density at radius 1 is 1.15 bits per heavy atom. The van der Waals surface area contributed by atoms with E-state index in [-0.39, 0.29) is 6.54 Å². The first kappa shape index (κ1) is 16.2. The highest BCUT2D eigenvalue weighted by atomic mass is 32.2. The Morgan fingerprint density at radius 3 is 2.25 bits per heavy atom. The van der Waals surface area contributed by atoms with Crippen molar-refractivity contribution in [2.75, 3.05) is 19.6 Å². The third-order valence-electron chi connectivity index (χ3n) is 4.54. The van der Waals surface area contributed by atoms with Crippen molar-refractivity contribution in [1.82, 2.24) is 9.03 Å². The van der Waals surface area contributed by atoms with Crippen LogP contribution in [0.5, 0.6) is 0 Å². The number of nitrogens with zero attached hydrogens (tertiary/aromatic N) is 1. The Bertz CT molecular complexity index is 408. The first-order chi connectivity index (χ1) is 9.31. The van der Waals surface area contributed by atoms with E-state index in [4.69, 9.17) is 0 Å². The molecule has 1 saturated heterocycles. The highest BCUT2D eigenvalue weighted by Gasteiger charge is 2.34. The zero-order valence-electron chi connectivity index (χ0n) is 12.6. The second kappa shape index (κ2) is 6.30. The van der Waals surface area contributed by atoms with Crippen LogP contribution in [0.15, 0.2) is 0 Å². The molecule has 6 heteroatoms. The van der Waals surface area contributed by atoms with Crippen LogP contribution in [0.3, 0.4) is 0 Å². The van der Waals surface area contributed by atoms with Gasteiger partial charge in [-0.3, -0.25) is 0 Å². The first-order valence-electron chi connectivity index (χ1n) is 7.78. The van der Waals surface area contributed by atoms with E-state index < -0.39 is 15.8 Å². The van der Waals surface area contributed by atoms with Crippen molar-refractivity contribution in [2.45, 2.75) is 58.0 Å². The second-order valence-corrected chi connectivity index (χ2v) is 8.63. The van der Waals surface area contributed by atoms with Gasteiger partial charge in [0.2, 0.25) is 0 Å². The molecule has 2 atom stereocenters. The molecule has 1 heterocycles. The Kier molecular flexibility index (Phi) is 5.10. The summed E-state index contributed by atoms with van der Waals surface area (Å²) in [6.07, 6.45) is 5.57. The monoisotopic (exact) mass is 304 g/mol. The molecule has 0 aromatic carbocycles. The Hall–Kier alpha value is -0.170. The van der Waals surface area contributed by atoms with Crippen LogP contribution in [0.2, 0.25) is 0 Å². The van der Waals surface area contributed by atoms with E-state index in [2.05, 4.69) is 18.6 Å². The van der Waals surface area contributed by atoms with Crippen LogP contribution in [0, 0.1) is 11.8 Å². The van der Waals surface area contributed by atoms with Crippen molar-refractivity contribution in [3.05, 3.63) is 0 Å². The average molecular weight is 304 g/mol. The lowest BCUT2D eigenvalue weighted by Gasteiger charge is -2.36. The maximum Gasteiger partial charge on any atom is 0.279 e. The Labute approximate surface area is 122 Å². The minimum absolute atomic E-state index is 0.147. The maximum absolute atomic E-state index is 12.4. The number of hydrogen-bond acceptors (Lipinski definition) is 3. The molecule has 1 saturated carbocycles. The van der Waals surface area contributed by atoms with Gasteiger partial charge in [0.15, 0.2) is 0 Å². The van der Waals surface area contributed by atoms with Crippen LogP contribution in [0.4, 0.5) is 0 Å². The highest BCUT2D eigenvalue weighted by Crippen LogP contribution is 2.28. The summed E-state index contributed by atoms with van der Waals surface area (Å²) in [6, 6.07) is 0. The predicted molar refractivity (Wildman–Crippen MR) is 79.5 cm³/mol. The van der Waals surface area contributed by atoms with Crippen molar-refractivity contribution in [1.29, 1.82) is 0 Å². The second-order valence-electron chi connectivity index (χ2n) is 6.87. The van der Waals surface area contributed by atoms with E-state index in [1.165, 1.54) is 4.31 Å². The molecule has 0 amide bonds. The zero-order valence-corrected chi connectivity index (χ0v) is 13.5. The van der Waals surface area contributed by atoms with Gasteiger partial charge in [0.05, 0.1) is 5.60 Å². The predicted octanol–water partition coefficient (Wildman–Crippen LogP) is 1.49. The minimum atomic E-state index is -3.46. The van der Waals surface area contributed by atoms with Crippen LogP contribution in [0.25, 0.3) is 0 Å². The number of hydrogen-bond donors (Lipinski definition) is 2. The maximum atomic E-state index is 12.4. The summed E-state index contributed by atoms with van der Waals surface area (Å²) in [5, 5.41) is 10.4. The van der Waals surface area contributed by atoms with Crippen LogP contribution in [-0.2, 0) is 10.2 Å². The molecule has 118 valence electrons. The van der Waals surface area contributed by atoms with Gasteiger partial charge in [0.25, 0.3) is 10.2 Å². The molecule has 2 aliphatic rings. The van der Waals surface area contributed by atoms with Crippen molar-refractivity contribution in [3.8, 4) is 0 Å². The Morgan fingerprint density at radius 2 is 1.70 bits per heavy atom. The highest BCUT2D eigenvalue weighted by molar-refractivity contribution is 7.87. The molecule has 2 fully saturated rings. The van der Waals surface area contributed by atoms with E-state index in [0.717, 1.165) is 25.7 Å². The summed E-state index contributed by atoms with van der Waals surface area (Å²) in [6.45, 7) is 5.49. The van der Waals surface area contributed by atoms with Gasteiger partial charge in [0, 0.05) is 19.6 Å². The zero-order chi connectivity index (χ0) is 14.8. The molecule has 2 rings (SSSR count). The third-order valence-corrected chi connectivity index (χ3v) is 6.03. The van der Waals surface area contributed by atoms with Crippen LogP contribution in [0.1, 0.15) is 52.4 Å². The largest absolute Gasteiger partial charge is 0.389 e. The molecule has 0 bridgehead atoms. The van der Waals surface area contributed by atoms with Crippen LogP contribution >= 0.6 is 0 Å². The average Bonchev–Trinajstić information content (AvgIpc) is 2.37. The summed E-state index contributed by atoms with van der Waals surface area (Å²) in [4.78, 5) is 0.